The van der Waals surface area contributed by atoms with Crippen LogP contribution in [0.2, 0.25) is 0 Å². The molecular formula is C16H17F3N2O. The zero-order chi connectivity index (χ0) is 16.6. The Balaban J connectivity index is 2.87. The summed E-state index contributed by atoms with van der Waals surface area (Å²) in [6.45, 7) is 5.04. The number of hydrogen-bond acceptors (Lipinski definition) is 2. The molecule has 0 atom stereocenters. The van der Waals surface area contributed by atoms with Gasteiger partial charge in [0.1, 0.15) is 0 Å². The molecule has 1 rings (SSSR count). The van der Waals surface area contributed by atoms with Crippen molar-refractivity contribution in [2.24, 2.45) is 0 Å². The third-order valence-corrected chi connectivity index (χ3v) is 2.64. The van der Waals surface area contributed by atoms with Crippen LogP contribution >= 0.6 is 0 Å². The number of hydrogen-bond donors (Lipinski definition) is 0. The first-order valence-electron chi connectivity index (χ1n) is 6.57. The summed E-state index contributed by atoms with van der Waals surface area (Å²) in [5.74, 6) is -1.90. The molecule has 0 N–H and O–H groups in total. The largest absolute Gasteiger partial charge is 0.471 e. The molecular weight excluding hydrogens is 293 g/mol. The average molecular weight is 310 g/mol. The summed E-state index contributed by atoms with van der Waals surface area (Å²) in [4.78, 5) is 16.2. The number of carbonyl (C=O) groups excluding carboxylic acids is 1. The Labute approximate surface area is 127 Å². The van der Waals surface area contributed by atoms with Crippen LogP contribution in [0.15, 0.2) is 60.9 Å². The summed E-state index contributed by atoms with van der Waals surface area (Å²) in [5, 5.41) is 0. The highest BCUT2D eigenvalue weighted by Crippen LogP contribution is 2.20. The Morgan fingerprint density at radius 2 is 2.09 bits per heavy atom. The fourth-order valence-corrected chi connectivity index (χ4v) is 1.67. The van der Waals surface area contributed by atoms with Crippen molar-refractivity contribution < 1.29 is 18.0 Å². The van der Waals surface area contributed by atoms with Crippen molar-refractivity contribution in [3.05, 3.63) is 66.5 Å². The van der Waals surface area contributed by atoms with Crippen LogP contribution in [0, 0.1) is 0 Å². The van der Waals surface area contributed by atoms with Gasteiger partial charge in [-0.25, -0.2) is 0 Å². The van der Waals surface area contributed by atoms with Crippen molar-refractivity contribution in [3.8, 4) is 0 Å². The molecule has 22 heavy (non-hydrogen) atoms. The molecule has 1 amide bonds. The standard InChI is InChI=1S/C16H17F3N2O/c1-3-4-5-8-13(2)11-21(15(22)16(17,18)19)12-14-9-6-7-10-20-14/h3-10H,2,11-12H2,1H3/b4-3-,8-5-. The van der Waals surface area contributed by atoms with E-state index in [4.69, 9.17) is 0 Å². The van der Waals surface area contributed by atoms with Gasteiger partial charge in [0.2, 0.25) is 0 Å². The molecule has 0 spiro atoms. The molecule has 1 aromatic rings. The number of pyridine rings is 1. The molecule has 118 valence electrons. The molecule has 0 aliphatic carbocycles. The quantitative estimate of drug-likeness (QED) is 0.751. The van der Waals surface area contributed by atoms with Gasteiger partial charge in [0.05, 0.1) is 12.2 Å². The van der Waals surface area contributed by atoms with Crippen molar-refractivity contribution in [3.63, 3.8) is 0 Å². The number of allylic oxidation sites excluding steroid dienone is 3. The third-order valence-electron chi connectivity index (χ3n) is 2.64. The van der Waals surface area contributed by atoms with Crippen LogP contribution in [0.5, 0.6) is 0 Å². The Morgan fingerprint density at radius 1 is 1.36 bits per heavy atom. The second-order valence-electron chi connectivity index (χ2n) is 4.52. The van der Waals surface area contributed by atoms with Crippen LogP contribution in [0.1, 0.15) is 12.6 Å². The van der Waals surface area contributed by atoms with Gasteiger partial charge in [-0.15, -0.1) is 0 Å². The minimum absolute atomic E-state index is 0.219. The van der Waals surface area contributed by atoms with Crippen molar-refractivity contribution in [1.82, 2.24) is 9.88 Å². The van der Waals surface area contributed by atoms with Crippen LogP contribution in [0.3, 0.4) is 0 Å². The highest BCUT2D eigenvalue weighted by molar-refractivity contribution is 5.82. The van der Waals surface area contributed by atoms with E-state index in [2.05, 4.69) is 11.6 Å². The first-order chi connectivity index (χ1) is 10.3. The highest BCUT2D eigenvalue weighted by atomic mass is 19.4. The SMILES string of the molecule is C=C(/C=C\C=C/C)CN(Cc1ccccn1)C(=O)C(F)(F)F. The van der Waals surface area contributed by atoms with Crippen LogP contribution in [0.4, 0.5) is 13.2 Å². The summed E-state index contributed by atoms with van der Waals surface area (Å²) in [6.07, 6.45) is 3.25. The minimum atomic E-state index is -4.93. The Bertz CT molecular complexity index is 563. The Kier molecular flexibility index (Phi) is 6.56. The maximum Gasteiger partial charge on any atom is 0.471 e. The zero-order valence-electron chi connectivity index (χ0n) is 12.2. The van der Waals surface area contributed by atoms with Gasteiger partial charge >= 0.3 is 12.1 Å². The number of halogens is 3. The number of carbonyl (C=O) groups is 1. The molecule has 0 aromatic carbocycles. The van der Waals surface area contributed by atoms with E-state index in [1.54, 1.807) is 42.5 Å². The number of amides is 1. The highest BCUT2D eigenvalue weighted by Gasteiger charge is 2.42. The lowest BCUT2D eigenvalue weighted by atomic mass is 10.2. The predicted octanol–water partition coefficient (Wildman–Crippen LogP) is 3.66. The maximum atomic E-state index is 12.7. The van der Waals surface area contributed by atoms with E-state index in [0.29, 0.717) is 16.2 Å². The first-order valence-corrected chi connectivity index (χ1v) is 6.57. The summed E-state index contributed by atoms with van der Waals surface area (Å²) in [5.41, 5.74) is 0.775. The topological polar surface area (TPSA) is 33.2 Å². The lowest BCUT2D eigenvalue weighted by Gasteiger charge is -2.23. The van der Waals surface area contributed by atoms with Crippen molar-refractivity contribution in [2.75, 3.05) is 6.54 Å². The predicted molar refractivity (Wildman–Crippen MR) is 78.8 cm³/mol. The second-order valence-corrected chi connectivity index (χ2v) is 4.52. The zero-order valence-corrected chi connectivity index (χ0v) is 12.2. The normalized spacial score (nSPS) is 12.0. The molecule has 1 aromatic heterocycles. The van der Waals surface area contributed by atoms with E-state index in [9.17, 15) is 18.0 Å². The second kappa shape index (κ2) is 8.17. The molecule has 1 heterocycles. The van der Waals surface area contributed by atoms with Gasteiger partial charge in [-0.1, -0.05) is 36.9 Å². The maximum absolute atomic E-state index is 12.7. The summed E-state index contributed by atoms with van der Waals surface area (Å²) in [7, 11) is 0. The summed E-state index contributed by atoms with van der Waals surface area (Å²) >= 11 is 0. The van der Waals surface area contributed by atoms with Crippen molar-refractivity contribution in [2.45, 2.75) is 19.6 Å². The van der Waals surface area contributed by atoms with Crippen molar-refractivity contribution in [1.29, 1.82) is 0 Å². The molecule has 0 saturated heterocycles. The van der Waals surface area contributed by atoms with Crippen LogP contribution in [-0.4, -0.2) is 28.5 Å². The lowest BCUT2D eigenvalue weighted by Crippen LogP contribution is -2.41. The third kappa shape index (κ3) is 5.95. The smallest absolute Gasteiger partial charge is 0.325 e. The Morgan fingerprint density at radius 3 is 2.64 bits per heavy atom. The number of nitrogens with zero attached hydrogens (tertiary/aromatic N) is 2. The van der Waals surface area contributed by atoms with Gasteiger partial charge < -0.3 is 4.90 Å². The van der Waals surface area contributed by atoms with Crippen molar-refractivity contribution >= 4 is 5.91 Å². The Hall–Kier alpha value is -2.37. The van der Waals surface area contributed by atoms with Crippen LogP contribution in [0.25, 0.3) is 0 Å². The van der Waals surface area contributed by atoms with Crippen LogP contribution in [-0.2, 0) is 11.3 Å². The van der Waals surface area contributed by atoms with E-state index < -0.39 is 12.1 Å². The molecule has 0 bridgehead atoms. The van der Waals surface area contributed by atoms with Gasteiger partial charge in [-0.05, 0) is 24.6 Å². The summed E-state index contributed by atoms with van der Waals surface area (Å²) < 4.78 is 38.1. The molecule has 0 saturated carbocycles. The molecule has 0 aliphatic heterocycles. The monoisotopic (exact) mass is 310 g/mol. The molecule has 0 aliphatic rings. The summed E-state index contributed by atoms with van der Waals surface area (Å²) in [6, 6.07) is 4.87. The molecule has 3 nitrogen and oxygen atoms in total. The fraction of sp³-hybridized carbons (Fsp3) is 0.250. The van der Waals surface area contributed by atoms with Gasteiger partial charge in [0, 0.05) is 12.7 Å². The molecule has 6 heteroatoms. The van der Waals surface area contributed by atoms with E-state index in [1.807, 2.05) is 6.92 Å². The van der Waals surface area contributed by atoms with E-state index in [-0.39, 0.29) is 13.1 Å². The van der Waals surface area contributed by atoms with Gasteiger partial charge in [-0.3, -0.25) is 9.78 Å². The van der Waals surface area contributed by atoms with E-state index >= 15 is 0 Å². The fourth-order valence-electron chi connectivity index (χ4n) is 1.67. The molecule has 0 radical (unpaired) electrons. The lowest BCUT2D eigenvalue weighted by molar-refractivity contribution is -0.185. The first kappa shape index (κ1) is 17.7. The van der Waals surface area contributed by atoms with E-state index in [1.165, 1.54) is 6.20 Å². The minimum Gasteiger partial charge on any atom is -0.325 e. The number of alkyl halides is 3. The van der Waals surface area contributed by atoms with E-state index in [0.717, 1.165) is 0 Å². The van der Waals surface area contributed by atoms with Crippen LogP contribution < -0.4 is 0 Å². The van der Waals surface area contributed by atoms with Gasteiger partial charge in [0.15, 0.2) is 0 Å². The van der Waals surface area contributed by atoms with Gasteiger partial charge in [-0.2, -0.15) is 13.2 Å². The molecule has 0 fully saturated rings. The molecule has 0 unspecified atom stereocenters. The van der Waals surface area contributed by atoms with Gasteiger partial charge in [0.25, 0.3) is 0 Å². The number of rotatable bonds is 6. The average Bonchev–Trinajstić information content (AvgIpc) is 2.46. The number of aromatic nitrogens is 1.